The third kappa shape index (κ3) is 2.50. The van der Waals surface area contributed by atoms with E-state index in [0.29, 0.717) is 5.06 Å². The van der Waals surface area contributed by atoms with Gasteiger partial charge in [-0.05, 0) is 25.0 Å². The van der Waals surface area contributed by atoms with E-state index in [1.54, 1.807) is 0 Å². The van der Waals surface area contributed by atoms with Crippen molar-refractivity contribution in [1.82, 2.24) is 5.06 Å². The molecule has 1 heterocycles. The Balaban J connectivity index is 2.73. The molecule has 1 aromatic rings. The van der Waals surface area contributed by atoms with Crippen molar-refractivity contribution in [2.75, 3.05) is 20.8 Å². The minimum Gasteiger partial charge on any atom is -0.497 e. The van der Waals surface area contributed by atoms with E-state index in [1.807, 2.05) is 0 Å². The third-order valence-corrected chi connectivity index (χ3v) is 6.30. The summed E-state index contributed by atoms with van der Waals surface area (Å²) >= 11 is 0. The molecule has 10 nitrogen and oxygen atoms in total. The van der Waals surface area contributed by atoms with Crippen LogP contribution >= 0.6 is 0 Å². The molecule has 132 valence electrons. The number of sulfone groups is 1. The van der Waals surface area contributed by atoms with E-state index in [1.165, 1.54) is 13.2 Å². The van der Waals surface area contributed by atoms with Crippen molar-refractivity contribution in [3.8, 4) is 5.75 Å². The van der Waals surface area contributed by atoms with Crippen LogP contribution in [-0.2, 0) is 19.4 Å². The molecular formula is C13H16N2O8S. The van der Waals surface area contributed by atoms with Crippen molar-refractivity contribution in [1.29, 1.82) is 0 Å². The van der Waals surface area contributed by atoms with E-state index in [4.69, 9.17) is 4.74 Å². The lowest BCUT2D eigenvalue weighted by atomic mass is 10.2. The van der Waals surface area contributed by atoms with E-state index in [2.05, 4.69) is 4.74 Å². The summed E-state index contributed by atoms with van der Waals surface area (Å²) in [6, 6.07) is 3.14. The number of ether oxygens (including phenoxy) is 2. The van der Waals surface area contributed by atoms with E-state index >= 15 is 0 Å². The molecular weight excluding hydrogens is 344 g/mol. The molecule has 1 aromatic carbocycles. The molecule has 1 unspecified atom stereocenters. The monoisotopic (exact) mass is 360 g/mol. The Hall–Kier alpha value is -2.24. The average molecular weight is 360 g/mol. The van der Waals surface area contributed by atoms with E-state index in [-0.39, 0.29) is 25.1 Å². The summed E-state index contributed by atoms with van der Waals surface area (Å²) in [5.74, 6) is -1.12. The molecule has 0 bridgehead atoms. The Morgan fingerprint density at radius 2 is 2.08 bits per heavy atom. The summed E-state index contributed by atoms with van der Waals surface area (Å²) in [6.45, 7) is -0.0850. The van der Waals surface area contributed by atoms with Crippen LogP contribution in [0.4, 0.5) is 5.69 Å². The number of nitro groups is 1. The Morgan fingerprint density at radius 3 is 2.54 bits per heavy atom. The van der Waals surface area contributed by atoms with Gasteiger partial charge >= 0.3 is 5.97 Å². The van der Waals surface area contributed by atoms with Crippen molar-refractivity contribution < 1.29 is 32.8 Å². The number of carbonyl (C=O) groups is 1. The number of carbonyl (C=O) groups excluding carboxylic acids is 1. The van der Waals surface area contributed by atoms with Crippen LogP contribution in [0.25, 0.3) is 0 Å². The molecule has 1 aliphatic heterocycles. The summed E-state index contributed by atoms with van der Waals surface area (Å²) in [4.78, 5) is 19.4. The minimum absolute atomic E-state index is 0.0834. The Labute approximate surface area is 137 Å². The van der Waals surface area contributed by atoms with Crippen LogP contribution in [0, 0.1) is 10.1 Å². The van der Waals surface area contributed by atoms with E-state index in [0.717, 1.165) is 19.2 Å². The lowest BCUT2D eigenvalue weighted by molar-refractivity contribution is -0.387. The van der Waals surface area contributed by atoms with Crippen molar-refractivity contribution in [3.05, 3.63) is 28.3 Å². The highest BCUT2D eigenvalue weighted by Crippen LogP contribution is 2.41. The lowest BCUT2D eigenvalue weighted by Crippen LogP contribution is -2.55. The third-order valence-electron chi connectivity index (χ3n) is 3.90. The maximum absolute atomic E-state index is 13.0. The van der Waals surface area contributed by atoms with Gasteiger partial charge in [0, 0.05) is 6.54 Å². The molecule has 11 heteroatoms. The largest absolute Gasteiger partial charge is 0.497 e. The molecule has 2 rings (SSSR count). The van der Waals surface area contributed by atoms with Crippen LogP contribution in [0.5, 0.6) is 5.75 Å². The van der Waals surface area contributed by atoms with Gasteiger partial charge in [-0.3, -0.25) is 10.1 Å². The molecule has 0 aliphatic carbocycles. The van der Waals surface area contributed by atoms with Crippen molar-refractivity contribution >= 4 is 21.5 Å². The summed E-state index contributed by atoms with van der Waals surface area (Å²) < 4.78 is 35.5. The second-order valence-electron chi connectivity index (χ2n) is 5.10. The Kier molecular flexibility index (Phi) is 4.78. The molecule has 1 fully saturated rings. The first-order valence-electron chi connectivity index (χ1n) is 6.84. The fraction of sp³-hybridized carbons (Fsp3) is 0.462. The van der Waals surface area contributed by atoms with Gasteiger partial charge in [-0.25, -0.2) is 13.2 Å². The number of methoxy groups -OCH3 is 2. The molecule has 0 saturated carbocycles. The first kappa shape index (κ1) is 18.1. The number of hydroxylamine groups is 2. The van der Waals surface area contributed by atoms with Gasteiger partial charge in [-0.15, -0.1) is 0 Å². The fourth-order valence-corrected chi connectivity index (χ4v) is 4.81. The molecule has 1 aliphatic rings. The molecule has 0 amide bonds. The number of hydrogen-bond acceptors (Lipinski definition) is 9. The zero-order chi connectivity index (χ0) is 18.1. The molecule has 0 aromatic heterocycles. The predicted octanol–water partition coefficient (Wildman–Crippen LogP) is 0.731. The van der Waals surface area contributed by atoms with Gasteiger partial charge in [0.15, 0.2) is 0 Å². The standard InChI is InChI=1S/C13H16N2O8S/c1-22-9-4-5-11(10(8-9)15(18)19)24(20,21)13(12(16)23-2)6-3-7-14(13)17/h4-5,8,17H,3,6-7H2,1-2H3. The van der Waals surface area contributed by atoms with Crippen LogP contribution in [0.2, 0.25) is 0 Å². The topological polar surface area (TPSA) is 136 Å². The zero-order valence-corrected chi connectivity index (χ0v) is 13.8. The number of rotatable bonds is 5. The summed E-state index contributed by atoms with van der Waals surface area (Å²) in [5.41, 5.74) is -0.752. The maximum Gasteiger partial charge on any atom is 0.344 e. The highest BCUT2D eigenvalue weighted by Gasteiger charge is 2.61. The normalized spacial score (nSPS) is 21.5. The van der Waals surface area contributed by atoms with Crippen molar-refractivity contribution in [2.45, 2.75) is 22.6 Å². The number of benzene rings is 1. The fourth-order valence-electron chi connectivity index (χ4n) is 2.70. The molecule has 1 N–H and O–H groups in total. The van der Waals surface area contributed by atoms with Crippen LogP contribution in [0.15, 0.2) is 23.1 Å². The SMILES string of the molecule is COC(=O)C1(S(=O)(=O)c2ccc(OC)cc2[N+](=O)[O-])CCCN1O. The van der Waals surface area contributed by atoms with Gasteiger partial charge in [0.05, 0.1) is 25.2 Å². The van der Waals surface area contributed by atoms with Gasteiger partial charge in [-0.2, -0.15) is 5.06 Å². The van der Waals surface area contributed by atoms with Gasteiger partial charge in [0.25, 0.3) is 5.69 Å². The first-order chi connectivity index (χ1) is 11.2. The second kappa shape index (κ2) is 6.34. The highest BCUT2D eigenvalue weighted by molar-refractivity contribution is 7.93. The second-order valence-corrected chi connectivity index (χ2v) is 7.22. The Morgan fingerprint density at radius 1 is 1.42 bits per heavy atom. The van der Waals surface area contributed by atoms with Crippen molar-refractivity contribution in [3.63, 3.8) is 0 Å². The molecule has 0 radical (unpaired) electrons. The first-order valence-corrected chi connectivity index (χ1v) is 8.32. The maximum atomic E-state index is 13.0. The van der Waals surface area contributed by atoms with E-state index < -0.39 is 36.2 Å². The number of nitro benzene ring substituents is 1. The van der Waals surface area contributed by atoms with Gasteiger partial charge in [-0.1, -0.05) is 0 Å². The average Bonchev–Trinajstić information content (AvgIpc) is 2.96. The summed E-state index contributed by atoms with van der Waals surface area (Å²) in [7, 11) is -2.40. The lowest BCUT2D eigenvalue weighted by Gasteiger charge is -2.30. The zero-order valence-electron chi connectivity index (χ0n) is 13.0. The summed E-state index contributed by atoms with van der Waals surface area (Å²) in [5, 5.41) is 21.7. The predicted molar refractivity (Wildman–Crippen MR) is 79.3 cm³/mol. The molecule has 1 atom stereocenters. The molecule has 0 spiro atoms. The van der Waals surface area contributed by atoms with Crippen LogP contribution in [0.1, 0.15) is 12.8 Å². The number of esters is 1. The summed E-state index contributed by atoms with van der Waals surface area (Å²) in [6.07, 6.45) is -0.0452. The van der Waals surface area contributed by atoms with Gasteiger partial charge < -0.3 is 14.7 Å². The molecule has 1 saturated heterocycles. The highest BCUT2D eigenvalue weighted by atomic mass is 32.2. The Bertz CT molecular complexity index is 778. The number of nitrogens with zero attached hydrogens (tertiary/aromatic N) is 2. The molecule has 24 heavy (non-hydrogen) atoms. The minimum atomic E-state index is -4.66. The number of hydrogen-bond donors (Lipinski definition) is 1. The van der Waals surface area contributed by atoms with Gasteiger partial charge in [0.1, 0.15) is 10.6 Å². The quantitative estimate of drug-likeness (QED) is 0.457. The van der Waals surface area contributed by atoms with Crippen molar-refractivity contribution in [2.24, 2.45) is 0 Å². The smallest absolute Gasteiger partial charge is 0.344 e. The van der Waals surface area contributed by atoms with Crippen LogP contribution in [-0.4, -0.2) is 55.2 Å². The van der Waals surface area contributed by atoms with E-state index in [9.17, 15) is 28.5 Å². The van der Waals surface area contributed by atoms with Crippen LogP contribution in [0.3, 0.4) is 0 Å². The van der Waals surface area contributed by atoms with Crippen LogP contribution < -0.4 is 4.74 Å². The van der Waals surface area contributed by atoms with Gasteiger partial charge in [0.2, 0.25) is 14.7 Å².